The zero-order chi connectivity index (χ0) is 24.8. The number of aromatic amines is 1. The minimum atomic E-state index is -0.719. The first-order valence-electron chi connectivity index (χ1n) is 11.6. The Morgan fingerprint density at radius 1 is 1.11 bits per heavy atom. The largest absolute Gasteiger partial charge is 0.369 e. The fourth-order valence-electron chi connectivity index (χ4n) is 4.90. The van der Waals surface area contributed by atoms with Gasteiger partial charge in [0.1, 0.15) is 5.69 Å². The van der Waals surface area contributed by atoms with Gasteiger partial charge in [-0.2, -0.15) is 5.10 Å². The van der Waals surface area contributed by atoms with Crippen LogP contribution in [0.5, 0.6) is 0 Å². The lowest BCUT2D eigenvalue weighted by atomic mass is 10.0. The molecule has 10 nitrogen and oxygen atoms in total. The number of aromatic nitrogens is 3. The van der Waals surface area contributed by atoms with E-state index in [0.717, 1.165) is 37.4 Å². The number of urea groups is 1. The van der Waals surface area contributed by atoms with E-state index in [4.69, 9.17) is 5.73 Å². The van der Waals surface area contributed by atoms with Crippen LogP contribution in [0.25, 0.3) is 22.5 Å². The molecule has 1 saturated heterocycles. The van der Waals surface area contributed by atoms with Gasteiger partial charge < -0.3 is 16.0 Å². The van der Waals surface area contributed by atoms with Crippen LogP contribution in [0.1, 0.15) is 15.9 Å². The van der Waals surface area contributed by atoms with E-state index in [1.165, 1.54) is 16.3 Å². The van der Waals surface area contributed by atoms with E-state index in [-0.39, 0.29) is 5.78 Å². The third-order valence-corrected chi connectivity index (χ3v) is 7.43. The highest BCUT2D eigenvalue weighted by atomic mass is 32.1. The number of anilines is 3. The van der Waals surface area contributed by atoms with Crippen molar-refractivity contribution in [3.8, 4) is 22.5 Å². The second kappa shape index (κ2) is 8.77. The van der Waals surface area contributed by atoms with Gasteiger partial charge >= 0.3 is 6.03 Å². The van der Waals surface area contributed by atoms with Gasteiger partial charge in [0.15, 0.2) is 5.78 Å². The molecule has 36 heavy (non-hydrogen) atoms. The molecule has 1 fully saturated rings. The molecule has 4 N–H and O–H groups in total. The summed E-state index contributed by atoms with van der Waals surface area (Å²) in [5.74, 6) is -0.204. The summed E-state index contributed by atoms with van der Waals surface area (Å²) in [6.45, 7) is 3.85. The van der Waals surface area contributed by atoms with Gasteiger partial charge in [0.2, 0.25) is 5.13 Å². The lowest BCUT2D eigenvalue weighted by molar-refractivity contribution is 0.104. The molecule has 2 aromatic carbocycles. The van der Waals surface area contributed by atoms with Crippen LogP contribution in [-0.4, -0.2) is 60.2 Å². The molecular formula is C25H24N8O2S. The Morgan fingerprint density at radius 2 is 1.89 bits per heavy atom. The first kappa shape index (κ1) is 22.3. The number of carbonyl (C=O) groups is 2. The first-order chi connectivity index (χ1) is 17.5. The number of nitrogens with zero attached hydrogens (tertiary/aromatic N) is 5. The van der Waals surface area contributed by atoms with Crippen LogP contribution in [0.4, 0.5) is 21.3 Å². The third-order valence-electron chi connectivity index (χ3n) is 6.59. The number of amides is 2. The molecule has 1 aliphatic carbocycles. The molecule has 3 heterocycles. The molecule has 182 valence electrons. The SMILES string of the molecule is CN(c1nccs1)N(C(N)=O)c1cccc2c1C(=O)c1c-2n[nH]c1-c1ccc(N2CCNCC2)cc1. The summed E-state index contributed by atoms with van der Waals surface area (Å²) in [5.41, 5.74) is 11.0. The van der Waals surface area contributed by atoms with Crippen LogP contribution < -0.4 is 26.0 Å². The normalized spacial score (nSPS) is 14.5. The Bertz CT molecular complexity index is 1440. The van der Waals surface area contributed by atoms with Crippen molar-refractivity contribution in [2.45, 2.75) is 0 Å². The van der Waals surface area contributed by atoms with E-state index < -0.39 is 6.03 Å². The van der Waals surface area contributed by atoms with E-state index >= 15 is 0 Å². The summed E-state index contributed by atoms with van der Waals surface area (Å²) in [6, 6.07) is 12.8. The quantitative estimate of drug-likeness (QED) is 0.317. The fourth-order valence-corrected chi connectivity index (χ4v) is 5.50. The number of ketones is 1. The predicted molar refractivity (Wildman–Crippen MR) is 141 cm³/mol. The lowest BCUT2D eigenvalue weighted by Gasteiger charge is -2.31. The number of piperazine rings is 1. The number of nitrogens with two attached hydrogens (primary N) is 1. The third kappa shape index (κ3) is 3.51. The van der Waals surface area contributed by atoms with Gasteiger partial charge in [-0.25, -0.2) is 14.8 Å². The molecule has 11 heteroatoms. The molecule has 0 spiro atoms. The van der Waals surface area contributed by atoms with Crippen LogP contribution in [0.15, 0.2) is 54.0 Å². The molecule has 2 aromatic heterocycles. The molecule has 4 aromatic rings. The van der Waals surface area contributed by atoms with Crippen molar-refractivity contribution >= 4 is 39.7 Å². The second-order valence-electron chi connectivity index (χ2n) is 8.62. The summed E-state index contributed by atoms with van der Waals surface area (Å²) < 4.78 is 0. The summed E-state index contributed by atoms with van der Waals surface area (Å²) in [6.07, 6.45) is 1.64. The molecule has 0 bridgehead atoms. The summed E-state index contributed by atoms with van der Waals surface area (Å²) in [7, 11) is 1.69. The number of primary amides is 1. The Balaban J connectivity index is 1.38. The van der Waals surface area contributed by atoms with Gasteiger partial charge in [-0.15, -0.1) is 11.3 Å². The van der Waals surface area contributed by atoms with Crippen molar-refractivity contribution in [1.29, 1.82) is 0 Å². The average molecular weight is 501 g/mol. The minimum Gasteiger partial charge on any atom is -0.369 e. The smallest absolute Gasteiger partial charge is 0.338 e. The summed E-state index contributed by atoms with van der Waals surface area (Å²) in [5, 5.41) is 16.1. The van der Waals surface area contributed by atoms with E-state index in [2.05, 4.69) is 37.5 Å². The second-order valence-corrected chi connectivity index (χ2v) is 9.50. The fraction of sp³-hybridized carbons (Fsp3) is 0.200. The highest BCUT2D eigenvalue weighted by Gasteiger charge is 2.37. The zero-order valence-corrected chi connectivity index (χ0v) is 20.4. The van der Waals surface area contributed by atoms with Gasteiger partial charge in [-0.3, -0.25) is 14.9 Å². The molecule has 0 unspecified atom stereocenters. The molecule has 0 atom stereocenters. The standard InChI is InChI=1S/C25H24N8O2S/c1-31(25-28-11-14-36-25)33(24(26)35)18-4-2-3-17-19(18)23(34)20-21(29-30-22(17)20)15-5-7-16(8-6-15)32-12-9-27-10-13-32/h2-8,11,14,27H,9-10,12-13H2,1H3,(H2,26,35)(H,29,30). The number of H-pyrrole nitrogens is 1. The van der Waals surface area contributed by atoms with E-state index in [0.29, 0.717) is 38.9 Å². The monoisotopic (exact) mass is 500 g/mol. The van der Waals surface area contributed by atoms with E-state index in [9.17, 15) is 9.59 Å². The number of carbonyl (C=O) groups excluding carboxylic acids is 2. The number of benzene rings is 2. The van der Waals surface area contributed by atoms with Crippen LogP contribution in [0, 0.1) is 0 Å². The van der Waals surface area contributed by atoms with Crippen LogP contribution >= 0.6 is 11.3 Å². The van der Waals surface area contributed by atoms with Crippen LogP contribution in [-0.2, 0) is 0 Å². The maximum Gasteiger partial charge on any atom is 0.338 e. The maximum atomic E-state index is 13.8. The minimum absolute atomic E-state index is 0.204. The molecular weight excluding hydrogens is 476 g/mol. The first-order valence-corrected chi connectivity index (χ1v) is 12.5. The topological polar surface area (TPSA) is 123 Å². The molecule has 6 rings (SSSR count). The molecule has 2 aliphatic rings. The van der Waals surface area contributed by atoms with Gasteiger partial charge in [-0.1, -0.05) is 24.3 Å². The van der Waals surface area contributed by atoms with E-state index in [1.807, 2.05) is 18.2 Å². The number of hydrogen-bond acceptors (Lipinski definition) is 8. The Morgan fingerprint density at radius 3 is 2.58 bits per heavy atom. The average Bonchev–Trinajstić information content (AvgIpc) is 3.64. The van der Waals surface area contributed by atoms with Gasteiger partial charge in [0.05, 0.1) is 22.5 Å². The predicted octanol–water partition coefficient (Wildman–Crippen LogP) is 3.09. The van der Waals surface area contributed by atoms with Crippen molar-refractivity contribution < 1.29 is 9.59 Å². The Hall–Kier alpha value is -4.22. The summed E-state index contributed by atoms with van der Waals surface area (Å²) >= 11 is 1.36. The van der Waals surface area contributed by atoms with E-state index in [1.54, 1.807) is 35.8 Å². The van der Waals surface area contributed by atoms with Gasteiger partial charge in [0.25, 0.3) is 0 Å². The number of nitrogens with one attached hydrogen (secondary N) is 2. The van der Waals surface area contributed by atoms with Gasteiger partial charge in [-0.05, 0) is 18.2 Å². The van der Waals surface area contributed by atoms with Crippen molar-refractivity contribution in [3.05, 3.63) is 65.2 Å². The number of rotatable bonds is 5. The van der Waals surface area contributed by atoms with Crippen LogP contribution in [0.2, 0.25) is 0 Å². The molecule has 0 radical (unpaired) electrons. The Labute approximate surface area is 211 Å². The van der Waals surface area contributed by atoms with Crippen molar-refractivity contribution in [1.82, 2.24) is 20.5 Å². The highest BCUT2D eigenvalue weighted by molar-refractivity contribution is 7.13. The van der Waals surface area contributed by atoms with Crippen molar-refractivity contribution in [2.24, 2.45) is 5.73 Å². The lowest BCUT2D eigenvalue weighted by Crippen LogP contribution is -2.48. The molecule has 0 saturated carbocycles. The molecule has 1 aliphatic heterocycles. The number of fused-ring (bicyclic) bond motifs is 3. The number of hydrogen-bond donors (Lipinski definition) is 3. The number of thiazole rings is 1. The van der Waals surface area contributed by atoms with Crippen molar-refractivity contribution in [2.75, 3.05) is 48.1 Å². The highest BCUT2D eigenvalue weighted by Crippen LogP contribution is 2.44. The zero-order valence-electron chi connectivity index (χ0n) is 19.6. The molecule has 2 amide bonds. The Kier molecular flexibility index (Phi) is 5.42. The number of hydrazine groups is 1. The maximum absolute atomic E-state index is 13.8. The van der Waals surface area contributed by atoms with Gasteiger partial charge in [0, 0.05) is 61.6 Å². The van der Waals surface area contributed by atoms with Crippen LogP contribution in [0.3, 0.4) is 0 Å². The van der Waals surface area contributed by atoms with Crippen molar-refractivity contribution in [3.63, 3.8) is 0 Å². The summed E-state index contributed by atoms with van der Waals surface area (Å²) in [4.78, 5) is 33.0.